The van der Waals surface area contributed by atoms with Gasteiger partial charge in [0.15, 0.2) is 0 Å². The lowest BCUT2D eigenvalue weighted by molar-refractivity contribution is -0.384. The monoisotopic (exact) mass is 292 g/mol. The van der Waals surface area contributed by atoms with Crippen LogP contribution in [0.2, 0.25) is 0 Å². The van der Waals surface area contributed by atoms with E-state index in [2.05, 4.69) is 10.6 Å². The normalized spacial score (nSPS) is 17.4. The summed E-state index contributed by atoms with van der Waals surface area (Å²) in [5.41, 5.74) is 0.587. The van der Waals surface area contributed by atoms with Gasteiger partial charge in [0.2, 0.25) is 0 Å². The lowest BCUT2D eigenvalue weighted by atomic mass is 9.98. The summed E-state index contributed by atoms with van der Waals surface area (Å²) in [6.45, 7) is 6.29. The van der Waals surface area contributed by atoms with Crippen molar-refractivity contribution in [3.63, 3.8) is 0 Å². The molecule has 1 fully saturated rings. The van der Waals surface area contributed by atoms with Crippen LogP contribution in [-0.4, -0.2) is 43.1 Å². The number of anilines is 1. The van der Waals surface area contributed by atoms with Crippen LogP contribution in [0.3, 0.4) is 0 Å². The highest BCUT2D eigenvalue weighted by Crippen LogP contribution is 2.34. The van der Waals surface area contributed by atoms with Crippen LogP contribution in [0.4, 0.5) is 11.4 Å². The minimum absolute atomic E-state index is 0.0360. The Bertz CT molecular complexity index is 571. The topological polar surface area (TPSA) is 87.5 Å². The van der Waals surface area contributed by atoms with Gasteiger partial charge in [-0.25, -0.2) is 0 Å². The predicted molar refractivity (Wildman–Crippen MR) is 80.8 cm³/mol. The quantitative estimate of drug-likeness (QED) is 0.644. The highest BCUT2D eigenvalue weighted by molar-refractivity contribution is 5.95. The highest BCUT2D eigenvalue weighted by atomic mass is 16.6. The number of nitrogens with one attached hydrogen (secondary N) is 2. The minimum Gasteiger partial charge on any atom is -0.358 e. The fourth-order valence-electron chi connectivity index (χ4n) is 2.61. The molecule has 1 heterocycles. The second-order valence-corrected chi connectivity index (χ2v) is 5.68. The van der Waals surface area contributed by atoms with E-state index in [0.717, 1.165) is 13.1 Å². The number of rotatable bonds is 3. The average Bonchev–Trinajstić information content (AvgIpc) is 2.45. The molecular weight excluding hydrogens is 272 g/mol. The van der Waals surface area contributed by atoms with Gasteiger partial charge in [0.1, 0.15) is 5.69 Å². The van der Waals surface area contributed by atoms with Crippen LogP contribution in [0.1, 0.15) is 24.2 Å². The fraction of sp³-hybridized carbons (Fsp3) is 0.500. The molecule has 7 nitrogen and oxygen atoms in total. The zero-order valence-electron chi connectivity index (χ0n) is 12.5. The van der Waals surface area contributed by atoms with Gasteiger partial charge in [0.05, 0.1) is 4.92 Å². The molecule has 0 unspecified atom stereocenters. The molecule has 1 aliphatic rings. The summed E-state index contributed by atoms with van der Waals surface area (Å²) in [5.74, 6) is -0.329. The van der Waals surface area contributed by atoms with Crippen molar-refractivity contribution >= 4 is 17.3 Å². The van der Waals surface area contributed by atoms with E-state index in [1.54, 1.807) is 12.1 Å². The molecule has 0 atom stereocenters. The molecule has 1 aromatic rings. The molecule has 114 valence electrons. The first-order chi connectivity index (χ1) is 9.86. The number of amides is 1. The lowest BCUT2D eigenvalue weighted by Crippen LogP contribution is -2.58. The molecule has 1 aromatic carbocycles. The largest absolute Gasteiger partial charge is 0.358 e. The Hall–Kier alpha value is -2.15. The Morgan fingerprint density at radius 1 is 1.48 bits per heavy atom. The van der Waals surface area contributed by atoms with Crippen LogP contribution in [-0.2, 0) is 0 Å². The van der Waals surface area contributed by atoms with Crippen molar-refractivity contribution in [3.8, 4) is 0 Å². The second-order valence-electron chi connectivity index (χ2n) is 5.68. The van der Waals surface area contributed by atoms with E-state index in [9.17, 15) is 14.9 Å². The van der Waals surface area contributed by atoms with E-state index in [-0.39, 0.29) is 17.1 Å². The first-order valence-corrected chi connectivity index (χ1v) is 6.86. The standard InChI is InChI=1S/C14H20N4O3/c1-14(2)9-16-6-7-17(14)11-5-4-10(13(19)15-3)8-12(11)18(20)21/h4-5,8,16H,6-7,9H2,1-3H3,(H,15,19). The van der Waals surface area contributed by atoms with Crippen molar-refractivity contribution in [2.75, 3.05) is 31.6 Å². The number of carbonyl (C=O) groups excluding carboxylic acids is 1. The summed E-state index contributed by atoms with van der Waals surface area (Å²) in [4.78, 5) is 24.6. The zero-order valence-corrected chi connectivity index (χ0v) is 12.5. The first kappa shape index (κ1) is 15.2. The molecule has 2 N–H and O–H groups in total. The first-order valence-electron chi connectivity index (χ1n) is 6.86. The summed E-state index contributed by atoms with van der Waals surface area (Å²) < 4.78 is 0. The van der Waals surface area contributed by atoms with Crippen molar-refractivity contribution in [1.29, 1.82) is 0 Å². The zero-order chi connectivity index (χ0) is 15.6. The van der Waals surface area contributed by atoms with E-state index >= 15 is 0 Å². The van der Waals surface area contributed by atoms with Crippen LogP contribution < -0.4 is 15.5 Å². The number of benzene rings is 1. The maximum Gasteiger partial charge on any atom is 0.293 e. The van der Waals surface area contributed by atoms with E-state index in [1.807, 2.05) is 18.7 Å². The average molecular weight is 292 g/mol. The molecule has 2 rings (SSSR count). The van der Waals surface area contributed by atoms with Crippen LogP contribution in [0, 0.1) is 10.1 Å². The Morgan fingerprint density at radius 2 is 2.19 bits per heavy atom. The van der Waals surface area contributed by atoms with Crippen LogP contribution in [0.5, 0.6) is 0 Å². The predicted octanol–water partition coefficient (Wildman–Crippen LogP) is 1.14. The summed E-state index contributed by atoms with van der Waals surface area (Å²) in [5, 5.41) is 17.1. The third kappa shape index (κ3) is 2.97. The number of nitrogens with zero attached hydrogens (tertiary/aromatic N) is 2. The number of piperazine rings is 1. The molecule has 7 heteroatoms. The number of nitro benzene ring substituents is 1. The molecule has 0 spiro atoms. The summed E-state index contributed by atoms with van der Waals surface area (Å²) in [6, 6.07) is 4.63. The Balaban J connectivity index is 2.48. The van der Waals surface area contributed by atoms with Crippen molar-refractivity contribution in [3.05, 3.63) is 33.9 Å². The molecule has 21 heavy (non-hydrogen) atoms. The smallest absolute Gasteiger partial charge is 0.293 e. The molecule has 0 saturated carbocycles. The maximum absolute atomic E-state index is 11.6. The molecule has 1 amide bonds. The number of nitro groups is 1. The van der Waals surface area contributed by atoms with Gasteiger partial charge in [-0.3, -0.25) is 14.9 Å². The Morgan fingerprint density at radius 3 is 2.76 bits per heavy atom. The number of hydrogen-bond donors (Lipinski definition) is 2. The van der Waals surface area contributed by atoms with Gasteiger partial charge in [0.25, 0.3) is 11.6 Å². The third-order valence-corrected chi connectivity index (χ3v) is 3.75. The van der Waals surface area contributed by atoms with Gasteiger partial charge in [0, 0.05) is 43.9 Å². The molecule has 0 radical (unpaired) electrons. The van der Waals surface area contributed by atoms with Crippen LogP contribution >= 0.6 is 0 Å². The van der Waals surface area contributed by atoms with Gasteiger partial charge in [-0.1, -0.05) is 0 Å². The van der Waals surface area contributed by atoms with Gasteiger partial charge in [-0.2, -0.15) is 0 Å². The van der Waals surface area contributed by atoms with Gasteiger partial charge < -0.3 is 15.5 Å². The molecule has 0 aromatic heterocycles. The van der Waals surface area contributed by atoms with E-state index < -0.39 is 4.92 Å². The molecule has 1 aliphatic heterocycles. The van der Waals surface area contributed by atoms with Gasteiger partial charge in [-0.15, -0.1) is 0 Å². The summed E-state index contributed by atoms with van der Waals surface area (Å²) in [7, 11) is 1.50. The van der Waals surface area contributed by atoms with E-state index in [1.165, 1.54) is 13.1 Å². The van der Waals surface area contributed by atoms with Crippen molar-refractivity contribution < 1.29 is 9.72 Å². The summed E-state index contributed by atoms with van der Waals surface area (Å²) >= 11 is 0. The van der Waals surface area contributed by atoms with Crippen LogP contribution in [0.15, 0.2) is 18.2 Å². The fourth-order valence-corrected chi connectivity index (χ4v) is 2.61. The molecule has 1 saturated heterocycles. The Labute approximate surface area is 123 Å². The molecule has 0 aliphatic carbocycles. The van der Waals surface area contributed by atoms with Crippen molar-refractivity contribution in [2.45, 2.75) is 19.4 Å². The van der Waals surface area contributed by atoms with E-state index in [4.69, 9.17) is 0 Å². The summed E-state index contributed by atoms with van der Waals surface area (Å²) in [6.07, 6.45) is 0. The Kier molecular flexibility index (Phi) is 4.13. The van der Waals surface area contributed by atoms with E-state index in [0.29, 0.717) is 17.8 Å². The number of carbonyl (C=O) groups is 1. The molecule has 0 bridgehead atoms. The van der Waals surface area contributed by atoms with Crippen molar-refractivity contribution in [2.24, 2.45) is 0 Å². The second kappa shape index (κ2) is 5.69. The third-order valence-electron chi connectivity index (χ3n) is 3.75. The van der Waals surface area contributed by atoms with Gasteiger partial charge in [-0.05, 0) is 26.0 Å². The highest BCUT2D eigenvalue weighted by Gasteiger charge is 2.33. The van der Waals surface area contributed by atoms with Gasteiger partial charge >= 0.3 is 0 Å². The SMILES string of the molecule is CNC(=O)c1ccc(N2CCNCC2(C)C)c([N+](=O)[O-])c1. The maximum atomic E-state index is 11.6. The minimum atomic E-state index is -0.431. The number of hydrogen-bond acceptors (Lipinski definition) is 5. The lowest BCUT2D eigenvalue weighted by Gasteiger charge is -2.44. The molecular formula is C14H20N4O3. The van der Waals surface area contributed by atoms with Crippen LogP contribution in [0.25, 0.3) is 0 Å². The van der Waals surface area contributed by atoms with Crippen molar-refractivity contribution in [1.82, 2.24) is 10.6 Å².